The van der Waals surface area contributed by atoms with Crippen LogP contribution in [-0.4, -0.2) is 23.1 Å². The number of hydrogen-bond acceptors (Lipinski definition) is 3. The summed E-state index contributed by atoms with van der Waals surface area (Å²) in [6, 6.07) is 0. The number of carbonyl (C=O) groups is 2. The molecule has 0 saturated heterocycles. The molecule has 0 heterocycles. The smallest absolute Gasteiger partial charge is 0.324 e. The van der Waals surface area contributed by atoms with Gasteiger partial charge in [0.05, 0.1) is 0 Å². The Hall–Kier alpha value is -1.06. The van der Waals surface area contributed by atoms with Crippen molar-refractivity contribution in [2.75, 3.05) is 0 Å². The summed E-state index contributed by atoms with van der Waals surface area (Å²) in [6.45, 7) is 12.3. The van der Waals surface area contributed by atoms with Crippen LogP contribution in [0.1, 0.15) is 86.5 Å². The van der Waals surface area contributed by atoms with Crippen molar-refractivity contribution in [2.45, 2.75) is 92.6 Å². The average Bonchev–Trinajstić information content (AvgIpc) is 2.89. The first kappa shape index (κ1) is 22.0. The van der Waals surface area contributed by atoms with Crippen LogP contribution in [-0.2, 0) is 14.3 Å². The summed E-state index contributed by atoms with van der Waals surface area (Å²) in [5, 5.41) is 10.1. The van der Waals surface area contributed by atoms with Crippen molar-refractivity contribution < 1.29 is 19.4 Å². The Labute approximate surface area is 153 Å². The van der Waals surface area contributed by atoms with Crippen LogP contribution in [0.15, 0.2) is 0 Å². The Bertz CT molecular complexity index is 435. The van der Waals surface area contributed by atoms with E-state index in [0.717, 1.165) is 38.5 Å². The van der Waals surface area contributed by atoms with Crippen molar-refractivity contribution in [3.8, 4) is 0 Å². The predicted octanol–water partition coefficient (Wildman–Crippen LogP) is 5.30. The maximum absolute atomic E-state index is 13.1. The third-order valence-corrected chi connectivity index (χ3v) is 5.94. The fraction of sp³-hybridized carbons (Fsp3) is 0.905. The fourth-order valence-electron chi connectivity index (χ4n) is 4.70. The van der Waals surface area contributed by atoms with Gasteiger partial charge in [-0.15, -0.1) is 0 Å². The molecule has 1 N–H and O–H groups in total. The second kappa shape index (κ2) is 9.59. The highest BCUT2D eigenvalue weighted by Gasteiger charge is 2.59. The van der Waals surface area contributed by atoms with Crippen LogP contribution >= 0.6 is 0 Å². The predicted molar refractivity (Wildman–Crippen MR) is 100 cm³/mol. The van der Waals surface area contributed by atoms with Gasteiger partial charge in [0.2, 0.25) is 0 Å². The minimum Gasteiger partial charge on any atom is -0.480 e. The molecule has 1 aliphatic rings. The van der Waals surface area contributed by atoms with E-state index in [1.165, 1.54) is 0 Å². The van der Waals surface area contributed by atoms with Crippen molar-refractivity contribution in [3.63, 3.8) is 0 Å². The molecule has 1 saturated carbocycles. The molecule has 0 amide bonds. The maximum atomic E-state index is 13.1. The molecule has 0 bridgehead atoms. The highest BCUT2D eigenvalue weighted by atomic mass is 16.5. The van der Waals surface area contributed by atoms with Crippen molar-refractivity contribution >= 4 is 11.9 Å². The Balaban J connectivity index is 3.15. The van der Waals surface area contributed by atoms with Crippen LogP contribution in [0, 0.1) is 29.1 Å². The molecule has 0 aromatic heterocycles. The second-order valence-corrected chi connectivity index (χ2v) is 8.47. The molecule has 4 nitrogen and oxygen atoms in total. The lowest BCUT2D eigenvalue weighted by atomic mass is 9.72. The number of esters is 1. The van der Waals surface area contributed by atoms with E-state index in [0.29, 0.717) is 12.3 Å². The van der Waals surface area contributed by atoms with Crippen molar-refractivity contribution in [2.24, 2.45) is 29.1 Å². The lowest BCUT2D eigenvalue weighted by Gasteiger charge is -2.35. The Morgan fingerprint density at radius 2 is 1.68 bits per heavy atom. The third-order valence-electron chi connectivity index (χ3n) is 5.94. The highest BCUT2D eigenvalue weighted by molar-refractivity contribution is 6.00. The third kappa shape index (κ3) is 4.77. The first-order valence-corrected chi connectivity index (χ1v) is 10.2. The van der Waals surface area contributed by atoms with Crippen LogP contribution in [0.4, 0.5) is 0 Å². The monoisotopic (exact) mass is 354 g/mol. The minimum absolute atomic E-state index is 0.0997. The molecule has 25 heavy (non-hydrogen) atoms. The van der Waals surface area contributed by atoms with E-state index in [1.807, 2.05) is 27.7 Å². The molecule has 0 aliphatic heterocycles. The number of aliphatic carboxylic acids is 1. The standard InChI is InChI=1S/C21H38O4/c1-7-9-11-17-16(10-8-2)12-13-21(17,19(22)23)20(24)25-18(14(3)4)15(5)6/h14-18H,7-13H2,1-6H3,(H,22,23). The number of carboxylic acid groups (broad SMARTS) is 1. The topological polar surface area (TPSA) is 63.6 Å². The summed E-state index contributed by atoms with van der Waals surface area (Å²) in [5.41, 5.74) is -1.35. The maximum Gasteiger partial charge on any atom is 0.324 e. The van der Waals surface area contributed by atoms with Gasteiger partial charge in [-0.1, -0.05) is 67.2 Å². The summed E-state index contributed by atoms with van der Waals surface area (Å²) in [4.78, 5) is 25.5. The quantitative estimate of drug-likeness (QED) is 0.427. The number of rotatable bonds is 10. The molecule has 3 atom stereocenters. The summed E-state index contributed by atoms with van der Waals surface area (Å²) < 4.78 is 5.84. The molecular formula is C21H38O4. The normalized spacial score (nSPS) is 26.6. The molecule has 1 aliphatic carbocycles. The number of carboxylic acids is 1. The van der Waals surface area contributed by atoms with E-state index >= 15 is 0 Å². The Kier molecular flexibility index (Phi) is 8.43. The first-order chi connectivity index (χ1) is 11.7. The molecule has 146 valence electrons. The van der Waals surface area contributed by atoms with Gasteiger partial charge >= 0.3 is 11.9 Å². The molecule has 0 spiro atoms. The van der Waals surface area contributed by atoms with Gasteiger partial charge < -0.3 is 9.84 Å². The van der Waals surface area contributed by atoms with Gasteiger partial charge in [0, 0.05) is 0 Å². The van der Waals surface area contributed by atoms with E-state index in [4.69, 9.17) is 4.74 Å². The van der Waals surface area contributed by atoms with Gasteiger partial charge in [0.15, 0.2) is 5.41 Å². The Morgan fingerprint density at radius 3 is 2.12 bits per heavy atom. The molecule has 1 fully saturated rings. The molecule has 0 aromatic carbocycles. The van der Waals surface area contributed by atoms with E-state index < -0.39 is 17.4 Å². The summed E-state index contributed by atoms with van der Waals surface area (Å²) >= 11 is 0. The number of hydrogen-bond donors (Lipinski definition) is 1. The SMILES string of the molecule is CCCCC1C(CCC)CCC1(C(=O)O)C(=O)OC(C(C)C)C(C)C. The van der Waals surface area contributed by atoms with Crippen LogP contribution in [0.2, 0.25) is 0 Å². The van der Waals surface area contributed by atoms with Gasteiger partial charge in [-0.05, 0) is 42.9 Å². The van der Waals surface area contributed by atoms with Gasteiger partial charge in [-0.3, -0.25) is 9.59 Å². The zero-order valence-electron chi connectivity index (χ0n) is 17.0. The minimum atomic E-state index is -1.35. The van der Waals surface area contributed by atoms with Gasteiger partial charge in [0.25, 0.3) is 0 Å². The zero-order valence-corrected chi connectivity index (χ0v) is 17.0. The van der Waals surface area contributed by atoms with Crippen LogP contribution in [0.5, 0.6) is 0 Å². The van der Waals surface area contributed by atoms with Crippen LogP contribution < -0.4 is 0 Å². The summed E-state index contributed by atoms with van der Waals surface area (Å²) in [5.74, 6) is -0.904. The number of ether oxygens (including phenoxy) is 1. The van der Waals surface area contributed by atoms with Crippen molar-refractivity contribution in [3.05, 3.63) is 0 Å². The van der Waals surface area contributed by atoms with E-state index in [2.05, 4.69) is 13.8 Å². The van der Waals surface area contributed by atoms with Crippen molar-refractivity contribution in [1.29, 1.82) is 0 Å². The molecule has 1 rings (SSSR count). The largest absolute Gasteiger partial charge is 0.480 e. The van der Waals surface area contributed by atoms with Crippen LogP contribution in [0.25, 0.3) is 0 Å². The lowest BCUT2D eigenvalue weighted by molar-refractivity contribution is -0.180. The molecule has 0 aromatic rings. The Morgan fingerprint density at radius 1 is 1.08 bits per heavy atom. The van der Waals surface area contributed by atoms with Crippen molar-refractivity contribution in [1.82, 2.24) is 0 Å². The zero-order chi connectivity index (χ0) is 19.2. The number of carbonyl (C=O) groups excluding carboxylic acids is 1. The molecular weight excluding hydrogens is 316 g/mol. The van der Waals surface area contributed by atoms with E-state index in [9.17, 15) is 14.7 Å². The van der Waals surface area contributed by atoms with Gasteiger partial charge in [0.1, 0.15) is 6.10 Å². The van der Waals surface area contributed by atoms with E-state index in [1.54, 1.807) is 0 Å². The van der Waals surface area contributed by atoms with Gasteiger partial charge in [-0.2, -0.15) is 0 Å². The fourth-order valence-corrected chi connectivity index (χ4v) is 4.70. The summed E-state index contributed by atoms with van der Waals surface area (Å²) in [7, 11) is 0. The second-order valence-electron chi connectivity index (χ2n) is 8.47. The molecule has 0 radical (unpaired) electrons. The lowest BCUT2D eigenvalue weighted by Crippen LogP contribution is -2.47. The molecule has 3 unspecified atom stereocenters. The average molecular weight is 355 g/mol. The number of unbranched alkanes of at least 4 members (excludes halogenated alkanes) is 1. The van der Waals surface area contributed by atoms with Crippen LogP contribution in [0.3, 0.4) is 0 Å². The van der Waals surface area contributed by atoms with Gasteiger partial charge in [-0.25, -0.2) is 0 Å². The first-order valence-electron chi connectivity index (χ1n) is 10.2. The van der Waals surface area contributed by atoms with E-state index in [-0.39, 0.29) is 23.9 Å². The molecule has 4 heteroatoms. The summed E-state index contributed by atoms with van der Waals surface area (Å²) in [6.07, 6.45) is 5.80. The highest BCUT2D eigenvalue weighted by Crippen LogP contribution is 2.52.